The summed E-state index contributed by atoms with van der Waals surface area (Å²) in [6, 6.07) is 4.72. The van der Waals surface area contributed by atoms with Gasteiger partial charge < -0.3 is 16.0 Å². The van der Waals surface area contributed by atoms with Crippen LogP contribution < -0.4 is 11.5 Å². The van der Waals surface area contributed by atoms with Gasteiger partial charge >= 0.3 is 0 Å². The molecule has 0 aliphatic rings. The Balaban J connectivity index is 2.32. The molecule has 0 atom stereocenters. The molecule has 0 aliphatic heterocycles. The van der Waals surface area contributed by atoms with E-state index in [4.69, 9.17) is 23.1 Å². The Morgan fingerprint density at radius 3 is 2.75 bits per heavy atom. The van der Waals surface area contributed by atoms with E-state index in [1.54, 1.807) is 23.7 Å². The summed E-state index contributed by atoms with van der Waals surface area (Å²) in [7, 11) is 1.72. The summed E-state index contributed by atoms with van der Waals surface area (Å²) in [6.45, 7) is 0. The second kappa shape index (κ2) is 4.35. The van der Waals surface area contributed by atoms with Crippen molar-refractivity contribution in [3.8, 4) is 11.1 Å². The summed E-state index contributed by atoms with van der Waals surface area (Å²) < 4.78 is 15.7. The van der Waals surface area contributed by atoms with Crippen molar-refractivity contribution in [2.24, 2.45) is 7.05 Å². The molecule has 0 unspecified atom stereocenters. The summed E-state index contributed by atoms with van der Waals surface area (Å²) in [5.74, 6) is 0.0991. The van der Waals surface area contributed by atoms with Crippen LogP contribution >= 0.6 is 11.6 Å². The predicted octanol–water partition coefficient (Wildman–Crippen LogP) is 2.59. The van der Waals surface area contributed by atoms with E-state index in [9.17, 15) is 4.39 Å². The van der Waals surface area contributed by atoms with Gasteiger partial charge in [-0.1, -0.05) is 11.6 Å². The highest BCUT2D eigenvalue weighted by Crippen LogP contribution is 2.32. The molecular formula is C13H11ClFN5. The van der Waals surface area contributed by atoms with Gasteiger partial charge in [-0.15, -0.1) is 0 Å². The van der Waals surface area contributed by atoms with E-state index in [1.165, 1.54) is 12.3 Å². The van der Waals surface area contributed by atoms with Gasteiger partial charge in [-0.05, 0) is 23.8 Å². The number of nitrogen functional groups attached to an aromatic ring is 2. The third kappa shape index (κ3) is 1.85. The average Bonchev–Trinajstić information content (AvgIpc) is 2.70. The normalized spacial score (nSPS) is 11.2. The number of aromatic nitrogens is 3. The van der Waals surface area contributed by atoms with Crippen LogP contribution in [0.3, 0.4) is 0 Å². The highest BCUT2D eigenvalue weighted by molar-refractivity contribution is 6.33. The lowest BCUT2D eigenvalue weighted by molar-refractivity contribution is 0.638. The molecular weight excluding hydrogens is 281 g/mol. The van der Waals surface area contributed by atoms with Gasteiger partial charge in [0.2, 0.25) is 5.95 Å². The number of fused-ring (bicyclic) bond motifs is 1. The highest BCUT2D eigenvalue weighted by atomic mass is 35.5. The third-order valence-electron chi connectivity index (χ3n) is 3.16. The molecule has 0 spiro atoms. The summed E-state index contributed by atoms with van der Waals surface area (Å²) >= 11 is 6.09. The van der Waals surface area contributed by atoms with Crippen LogP contribution in [0.15, 0.2) is 24.4 Å². The molecule has 20 heavy (non-hydrogen) atoms. The van der Waals surface area contributed by atoms with Crippen LogP contribution in [-0.4, -0.2) is 14.5 Å². The Bertz CT molecular complexity index is 827. The minimum Gasteiger partial charge on any atom is -0.384 e. The van der Waals surface area contributed by atoms with Crippen molar-refractivity contribution < 1.29 is 4.39 Å². The van der Waals surface area contributed by atoms with Gasteiger partial charge in [-0.25, -0.2) is 14.4 Å². The zero-order valence-corrected chi connectivity index (χ0v) is 11.3. The van der Waals surface area contributed by atoms with Gasteiger partial charge in [0.25, 0.3) is 0 Å². The minimum atomic E-state index is -0.462. The van der Waals surface area contributed by atoms with Crippen LogP contribution in [0.5, 0.6) is 0 Å². The molecule has 7 heteroatoms. The molecule has 4 N–H and O–H groups in total. The summed E-state index contributed by atoms with van der Waals surface area (Å²) in [5.41, 5.74) is 13.4. The van der Waals surface area contributed by atoms with E-state index in [0.717, 1.165) is 0 Å². The molecule has 0 aliphatic carbocycles. The van der Waals surface area contributed by atoms with Gasteiger partial charge in [0, 0.05) is 18.8 Å². The van der Waals surface area contributed by atoms with Gasteiger partial charge in [0.1, 0.15) is 11.3 Å². The first kappa shape index (κ1) is 12.7. The molecule has 1 aromatic carbocycles. The fourth-order valence-electron chi connectivity index (χ4n) is 2.10. The Morgan fingerprint density at radius 1 is 1.25 bits per heavy atom. The lowest BCUT2D eigenvalue weighted by atomic mass is 10.1. The second-order valence-corrected chi connectivity index (χ2v) is 4.85. The van der Waals surface area contributed by atoms with Crippen molar-refractivity contribution in [2.75, 3.05) is 11.5 Å². The number of hydrogen-bond donors (Lipinski definition) is 2. The average molecular weight is 292 g/mol. The van der Waals surface area contributed by atoms with Gasteiger partial charge in [0.05, 0.1) is 10.5 Å². The van der Waals surface area contributed by atoms with Gasteiger partial charge in [-0.2, -0.15) is 0 Å². The van der Waals surface area contributed by atoms with Crippen molar-refractivity contribution in [3.63, 3.8) is 0 Å². The molecule has 0 saturated carbocycles. The van der Waals surface area contributed by atoms with Crippen molar-refractivity contribution in [2.45, 2.75) is 0 Å². The van der Waals surface area contributed by atoms with Crippen molar-refractivity contribution in [1.82, 2.24) is 14.5 Å². The van der Waals surface area contributed by atoms with Crippen LogP contribution in [-0.2, 0) is 7.05 Å². The fourth-order valence-corrected chi connectivity index (χ4v) is 2.31. The smallest absolute Gasteiger partial charge is 0.201 e. The number of nitrogens with zero attached hydrogens (tertiary/aromatic N) is 3. The summed E-state index contributed by atoms with van der Waals surface area (Å²) in [6.07, 6.45) is 1.44. The van der Waals surface area contributed by atoms with E-state index >= 15 is 0 Å². The Kier molecular flexibility index (Phi) is 2.76. The number of halogens is 2. The molecule has 5 nitrogen and oxygen atoms in total. The topological polar surface area (TPSA) is 82.8 Å². The number of hydrogen-bond acceptors (Lipinski definition) is 4. The number of pyridine rings is 1. The van der Waals surface area contributed by atoms with E-state index in [0.29, 0.717) is 27.5 Å². The van der Waals surface area contributed by atoms with Crippen LogP contribution in [0, 0.1) is 5.82 Å². The molecule has 3 rings (SSSR count). The van der Waals surface area contributed by atoms with E-state index in [1.807, 2.05) is 0 Å². The first-order valence-corrected chi connectivity index (χ1v) is 6.18. The molecule has 0 amide bonds. The van der Waals surface area contributed by atoms with Crippen molar-refractivity contribution in [3.05, 3.63) is 35.2 Å². The zero-order chi connectivity index (χ0) is 14.4. The number of nitrogens with two attached hydrogens (primary N) is 2. The fraction of sp³-hybridized carbons (Fsp3) is 0.0769. The molecule has 0 bridgehead atoms. The molecule has 3 aromatic rings. The number of rotatable bonds is 1. The van der Waals surface area contributed by atoms with Gasteiger partial charge in [0.15, 0.2) is 5.82 Å². The maximum Gasteiger partial charge on any atom is 0.201 e. The third-order valence-corrected chi connectivity index (χ3v) is 3.46. The standard InChI is InChI=1S/C13H11ClFN5/c1-20-10-3-6(2-9(15)12(10)19-13(20)17)7-4-11(16)18-5-8(7)14/h2-5H,1H3,(H2,16,18)(H2,17,19). The van der Waals surface area contributed by atoms with Gasteiger partial charge in [-0.3, -0.25) is 0 Å². The molecule has 2 heterocycles. The van der Waals surface area contributed by atoms with E-state index < -0.39 is 5.82 Å². The molecule has 0 saturated heterocycles. The number of imidazole rings is 1. The largest absolute Gasteiger partial charge is 0.384 e. The minimum absolute atomic E-state index is 0.229. The Labute approximate surface area is 119 Å². The monoisotopic (exact) mass is 291 g/mol. The lowest BCUT2D eigenvalue weighted by Gasteiger charge is -2.07. The number of anilines is 2. The SMILES string of the molecule is Cn1c(N)nc2c(F)cc(-c3cc(N)ncc3Cl)cc21. The molecule has 102 valence electrons. The van der Waals surface area contributed by atoms with Crippen LogP contribution in [0.1, 0.15) is 0 Å². The van der Waals surface area contributed by atoms with Crippen LogP contribution in [0.2, 0.25) is 5.02 Å². The van der Waals surface area contributed by atoms with E-state index in [-0.39, 0.29) is 11.5 Å². The zero-order valence-electron chi connectivity index (χ0n) is 10.6. The summed E-state index contributed by atoms with van der Waals surface area (Å²) in [4.78, 5) is 7.87. The lowest BCUT2D eigenvalue weighted by Crippen LogP contribution is -1.96. The molecule has 0 fully saturated rings. The van der Waals surface area contributed by atoms with E-state index in [2.05, 4.69) is 9.97 Å². The Hall–Kier alpha value is -2.34. The highest BCUT2D eigenvalue weighted by Gasteiger charge is 2.14. The Morgan fingerprint density at radius 2 is 2.00 bits per heavy atom. The molecule has 0 radical (unpaired) electrons. The molecule has 2 aromatic heterocycles. The predicted molar refractivity (Wildman–Crippen MR) is 77.7 cm³/mol. The first-order valence-electron chi connectivity index (χ1n) is 5.80. The maximum atomic E-state index is 14.1. The first-order chi connectivity index (χ1) is 9.47. The van der Waals surface area contributed by atoms with Crippen molar-refractivity contribution >= 4 is 34.4 Å². The maximum absolute atomic E-state index is 14.1. The number of aryl methyl sites for hydroxylation is 1. The number of benzene rings is 1. The van der Waals surface area contributed by atoms with Crippen LogP contribution in [0.4, 0.5) is 16.2 Å². The summed E-state index contributed by atoms with van der Waals surface area (Å²) in [5, 5.41) is 0.396. The van der Waals surface area contributed by atoms with Crippen LogP contribution in [0.25, 0.3) is 22.2 Å². The quantitative estimate of drug-likeness (QED) is 0.722. The second-order valence-electron chi connectivity index (χ2n) is 4.44. The van der Waals surface area contributed by atoms with Crippen molar-refractivity contribution in [1.29, 1.82) is 0 Å².